The summed E-state index contributed by atoms with van der Waals surface area (Å²) in [4.78, 5) is 0. The Morgan fingerprint density at radius 1 is 1.40 bits per heavy atom. The number of hydrogen-bond acceptors (Lipinski definition) is 2. The number of hydrogen-bond donors (Lipinski definition) is 1. The van der Waals surface area contributed by atoms with Crippen LogP contribution in [0.25, 0.3) is 0 Å². The van der Waals surface area contributed by atoms with Crippen LogP contribution in [-0.2, 0) is 0 Å². The van der Waals surface area contributed by atoms with Crippen molar-refractivity contribution in [3.8, 4) is 5.75 Å². The molecule has 2 N–H and O–H groups in total. The second-order valence-electron chi connectivity index (χ2n) is 3.37. The smallest absolute Gasteiger partial charge is 0.172 e. The maximum atomic E-state index is 13.7. The number of benzene rings is 1. The predicted octanol–water partition coefficient (Wildman–Crippen LogP) is 2.77. The zero-order chi connectivity index (χ0) is 11.4. The summed E-state index contributed by atoms with van der Waals surface area (Å²) in [6.45, 7) is 1.91. The quantitative estimate of drug-likeness (QED) is 0.838. The number of halogens is 2. The van der Waals surface area contributed by atoms with Gasteiger partial charge >= 0.3 is 0 Å². The van der Waals surface area contributed by atoms with Crippen LogP contribution in [0.1, 0.15) is 31.4 Å². The third-order valence-electron chi connectivity index (χ3n) is 2.28. The van der Waals surface area contributed by atoms with Crippen LogP contribution >= 0.6 is 0 Å². The normalized spacial score (nSPS) is 12.6. The topological polar surface area (TPSA) is 35.2 Å². The molecule has 1 rings (SSSR count). The second kappa shape index (κ2) is 5.07. The molecule has 0 aliphatic carbocycles. The van der Waals surface area contributed by atoms with Crippen LogP contribution < -0.4 is 10.5 Å². The minimum Gasteiger partial charge on any atom is -0.494 e. The Morgan fingerprint density at radius 3 is 2.60 bits per heavy atom. The number of methoxy groups -OCH3 is 1. The summed E-state index contributed by atoms with van der Waals surface area (Å²) in [7, 11) is 1.34. The van der Waals surface area contributed by atoms with E-state index in [0.29, 0.717) is 6.42 Å². The zero-order valence-corrected chi connectivity index (χ0v) is 8.89. The van der Waals surface area contributed by atoms with E-state index in [1.807, 2.05) is 6.92 Å². The van der Waals surface area contributed by atoms with Crippen LogP contribution in [0.2, 0.25) is 0 Å². The summed E-state index contributed by atoms with van der Waals surface area (Å²) in [5.74, 6) is -1.29. The fourth-order valence-corrected chi connectivity index (χ4v) is 1.50. The maximum Gasteiger partial charge on any atom is 0.172 e. The molecule has 0 bridgehead atoms. The Balaban J connectivity index is 3.14. The van der Waals surface area contributed by atoms with Gasteiger partial charge < -0.3 is 10.5 Å². The molecule has 0 heterocycles. The van der Waals surface area contributed by atoms with Crippen LogP contribution in [0.3, 0.4) is 0 Å². The lowest BCUT2D eigenvalue weighted by Crippen LogP contribution is -2.14. The van der Waals surface area contributed by atoms with Gasteiger partial charge in [-0.2, -0.15) is 0 Å². The van der Waals surface area contributed by atoms with Crippen molar-refractivity contribution in [1.29, 1.82) is 0 Å². The van der Waals surface area contributed by atoms with Crippen LogP contribution in [0, 0.1) is 11.6 Å². The van der Waals surface area contributed by atoms with E-state index in [9.17, 15) is 8.78 Å². The van der Waals surface area contributed by atoms with Gasteiger partial charge in [-0.05, 0) is 18.6 Å². The highest BCUT2D eigenvalue weighted by molar-refractivity contribution is 5.34. The van der Waals surface area contributed by atoms with E-state index in [4.69, 9.17) is 10.5 Å². The molecule has 0 fully saturated rings. The summed E-state index contributed by atoms with van der Waals surface area (Å²) in [6.07, 6.45) is 1.32. The second-order valence-corrected chi connectivity index (χ2v) is 3.37. The molecule has 0 saturated carbocycles. The Hall–Kier alpha value is -1.16. The van der Waals surface area contributed by atoms with Gasteiger partial charge in [0.05, 0.1) is 7.11 Å². The van der Waals surface area contributed by atoms with E-state index in [-0.39, 0.29) is 11.3 Å². The third kappa shape index (κ3) is 2.45. The standard InChI is InChI=1S/C11H15F2NO/c1-3-4-8(14)10-7(12)5-6-9(15-2)11(10)13/h5-6,8H,3-4,14H2,1-2H3/t8-/m0/s1. The van der Waals surface area contributed by atoms with Gasteiger partial charge in [0.25, 0.3) is 0 Å². The van der Waals surface area contributed by atoms with Crippen molar-refractivity contribution in [1.82, 2.24) is 0 Å². The van der Waals surface area contributed by atoms with Gasteiger partial charge in [-0.25, -0.2) is 8.78 Å². The lowest BCUT2D eigenvalue weighted by molar-refractivity contribution is 0.376. The van der Waals surface area contributed by atoms with Crippen molar-refractivity contribution in [3.05, 3.63) is 29.3 Å². The highest BCUT2D eigenvalue weighted by atomic mass is 19.1. The summed E-state index contributed by atoms with van der Waals surface area (Å²) in [6, 6.07) is 1.81. The molecular weight excluding hydrogens is 200 g/mol. The fraction of sp³-hybridized carbons (Fsp3) is 0.455. The van der Waals surface area contributed by atoms with Crippen molar-refractivity contribution in [2.24, 2.45) is 5.73 Å². The maximum absolute atomic E-state index is 13.7. The summed E-state index contributed by atoms with van der Waals surface area (Å²) in [5.41, 5.74) is 5.61. The van der Waals surface area contributed by atoms with Gasteiger partial charge in [-0.15, -0.1) is 0 Å². The molecule has 1 aromatic rings. The van der Waals surface area contributed by atoms with E-state index in [1.165, 1.54) is 19.2 Å². The number of ether oxygens (including phenoxy) is 1. The zero-order valence-electron chi connectivity index (χ0n) is 8.89. The SMILES string of the molecule is CCC[C@H](N)c1c(F)ccc(OC)c1F. The lowest BCUT2D eigenvalue weighted by atomic mass is 10.0. The van der Waals surface area contributed by atoms with Crippen LogP contribution in [0.4, 0.5) is 8.78 Å². The van der Waals surface area contributed by atoms with Crippen molar-refractivity contribution in [2.75, 3.05) is 7.11 Å². The fourth-order valence-electron chi connectivity index (χ4n) is 1.50. The molecule has 1 atom stereocenters. The molecule has 4 heteroatoms. The monoisotopic (exact) mass is 215 g/mol. The molecule has 15 heavy (non-hydrogen) atoms. The van der Waals surface area contributed by atoms with Crippen molar-refractivity contribution in [2.45, 2.75) is 25.8 Å². The first-order valence-corrected chi connectivity index (χ1v) is 4.89. The molecule has 2 nitrogen and oxygen atoms in total. The number of rotatable bonds is 4. The minimum atomic E-state index is -0.696. The average Bonchev–Trinajstić information content (AvgIpc) is 2.18. The summed E-state index contributed by atoms with van der Waals surface area (Å²) < 4.78 is 31.8. The van der Waals surface area contributed by atoms with Crippen molar-refractivity contribution < 1.29 is 13.5 Å². The molecule has 0 aliphatic rings. The molecule has 84 valence electrons. The first-order chi connectivity index (χ1) is 7.11. The van der Waals surface area contributed by atoms with Crippen molar-refractivity contribution in [3.63, 3.8) is 0 Å². The highest BCUT2D eigenvalue weighted by Gasteiger charge is 2.19. The van der Waals surface area contributed by atoms with Gasteiger partial charge in [0.2, 0.25) is 0 Å². The largest absolute Gasteiger partial charge is 0.494 e. The van der Waals surface area contributed by atoms with Crippen molar-refractivity contribution >= 4 is 0 Å². The molecule has 0 amide bonds. The van der Waals surface area contributed by atoms with Gasteiger partial charge in [-0.1, -0.05) is 13.3 Å². The average molecular weight is 215 g/mol. The van der Waals surface area contributed by atoms with Gasteiger partial charge in [0.15, 0.2) is 11.6 Å². The summed E-state index contributed by atoms with van der Waals surface area (Å²) in [5, 5.41) is 0. The molecule has 0 saturated heterocycles. The third-order valence-corrected chi connectivity index (χ3v) is 2.28. The van der Waals surface area contributed by atoms with Gasteiger partial charge in [-0.3, -0.25) is 0 Å². The molecule has 0 aromatic heterocycles. The van der Waals surface area contributed by atoms with E-state index >= 15 is 0 Å². The van der Waals surface area contributed by atoms with E-state index < -0.39 is 17.7 Å². The molecule has 1 aromatic carbocycles. The molecule has 0 unspecified atom stereocenters. The first kappa shape index (κ1) is 11.9. The Kier molecular flexibility index (Phi) is 4.03. The molecule has 0 radical (unpaired) electrons. The van der Waals surface area contributed by atoms with E-state index in [0.717, 1.165) is 6.42 Å². The van der Waals surface area contributed by atoms with Crippen LogP contribution in [-0.4, -0.2) is 7.11 Å². The first-order valence-electron chi connectivity index (χ1n) is 4.89. The highest BCUT2D eigenvalue weighted by Crippen LogP contribution is 2.28. The Labute approximate surface area is 88.0 Å². The number of nitrogens with two attached hydrogens (primary N) is 1. The Morgan fingerprint density at radius 2 is 2.07 bits per heavy atom. The van der Waals surface area contributed by atoms with Crippen LogP contribution in [0.15, 0.2) is 12.1 Å². The van der Waals surface area contributed by atoms with E-state index in [2.05, 4.69) is 0 Å². The lowest BCUT2D eigenvalue weighted by Gasteiger charge is -2.14. The minimum absolute atomic E-state index is 0.0259. The van der Waals surface area contributed by atoms with E-state index in [1.54, 1.807) is 0 Å². The van der Waals surface area contributed by atoms with Gasteiger partial charge in [0.1, 0.15) is 5.82 Å². The Bertz CT molecular complexity index is 342. The summed E-state index contributed by atoms with van der Waals surface area (Å²) >= 11 is 0. The predicted molar refractivity (Wildman–Crippen MR) is 54.7 cm³/mol. The molecular formula is C11H15F2NO. The molecule has 0 spiro atoms. The van der Waals surface area contributed by atoms with Crippen LogP contribution in [0.5, 0.6) is 5.75 Å². The molecule has 0 aliphatic heterocycles. The van der Waals surface area contributed by atoms with Gasteiger partial charge in [0, 0.05) is 11.6 Å².